The maximum Gasteiger partial charge on any atom is 0.304 e. The fourth-order valence-corrected chi connectivity index (χ4v) is 6.91. The van der Waals surface area contributed by atoms with Crippen LogP contribution in [0.25, 0.3) is 0 Å². The van der Waals surface area contributed by atoms with E-state index in [2.05, 4.69) is 5.32 Å². The van der Waals surface area contributed by atoms with E-state index in [0.717, 1.165) is 25.0 Å². The van der Waals surface area contributed by atoms with E-state index >= 15 is 4.39 Å². The standard InChI is InChI=1S/C29H20Cl2F2N4O4/c30-15-6-8-18-21(10-15)34-28(39)29(18)25(17-2-1-3-19(31)26(17)33)24-23(36(29)12-14-4-5-14)13-35(27(24)38)16-7-9-22(37(40)41)20(32)11-16/h1-3,6-11,13-14,24-25H,4-5,12H2,(H,34,39)/t24?,25-,29?/m0/s1. The molecule has 7 rings (SSSR count). The Morgan fingerprint density at radius 1 is 1.07 bits per heavy atom. The Hall–Kier alpha value is -4.02. The molecule has 3 aromatic carbocycles. The van der Waals surface area contributed by atoms with Crippen LogP contribution in [0, 0.1) is 33.6 Å². The van der Waals surface area contributed by atoms with Gasteiger partial charge in [0.2, 0.25) is 11.7 Å². The zero-order chi connectivity index (χ0) is 28.8. The maximum absolute atomic E-state index is 15.9. The van der Waals surface area contributed by atoms with Crippen molar-refractivity contribution in [3.8, 4) is 0 Å². The summed E-state index contributed by atoms with van der Waals surface area (Å²) in [6.07, 6.45) is 3.39. The average Bonchev–Trinajstić information content (AvgIpc) is 3.55. The minimum atomic E-state index is -1.49. The number of nitro benzene ring substituents is 1. The Balaban J connectivity index is 1.47. The fourth-order valence-electron chi connectivity index (χ4n) is 6.55. The van der Waals surface area contributed by atoms with Gasteiger partial charge in [-0.1, -0.05) is 41.4 Å². The normalized spacial score (nSPS) is 24.5. The van der Waals surface area contributed by atoms with Crippen LogP contribution in [-0.2, 0) is 15.1 Å². The molecule has 0 bridgehead atoms. The quantitative estimate of drug-likeness (QED) is 0.274. The van der Waals surface area contributed by atoms with Gasteiger partial charge >= 0.3 is 5.69 Å². The predicted molar refractivity (Wildman–Crippen MR) is 147 cm³/mol. The summed E-state index contributed by atoms with van der Waals surface area (Å²) in [6, 6.07) is 12.7. The van der Waals surface area contributed by atoms with Gasteiger partial charge in [-0.2, -0.15) is 4.39 Å². The molecule has 1 spiro atoms. The molecule has 1 saturated heterocycles. The highest BCUT2D eigenvalue weighted by atomic mass is 35.5. The van der Waals surface area contributed by atoms with Crippen LogP contribution in [0.4, 0.5) is 25.8 Å². The number of fused-ring (bicyclic) bond motifs is 3. The average molecular weight is 597 g/mol. The van der Waals surface area contributed by atoms with E-state index in [-0.39, 0.29) is 22.2 Å². The molecule has 2 unspecified atom stereocenters. The number of anilines is 2. The number of benzene rings is 3. The van der Waals surface area contributed by atoms with Crippen molar-refractivity contribution in [1.29, 1.82) is 0 Å². The first kappa shape index (κ1) is 25.9. The van der Waals surface area contributed by atoms with E-state index < -0.39 is 51.4 Å². The molecule has 3 heterocycles. The minimum Gasteiger partial charge on any atom is -0.354 e. The van der Waals surface area contributed by atoms with E-state index in [1.54, 1.807) is 24.3 Å². The first-order chi connectivity index (χ1) is 19.6. The number of nitrogens with one attached hydrogen (secondary N) is 1. The van der Waals surface area contributed by atoms with Gasteiger partial charge in [0.15, 0.2) is 5.54 Å². The molecule has 0 aromatic heterocycles. The Labute approximate surface area is 242 Å². The number of likely N-dealkylation sites (tertiary alicyclic amines) is 1. The summed E-state index contributed by atoms with van der Waals surface area (Å²) >= 11 is 12.5. The Kier molecular flexibility index (Phi) is 5.68. The molecule has 8 nitrogen and oxygen atoms in total. The number of rotatable bonds is 5. The molecule has 1 aliphatic carbocycles. The van der Waals surface area contributed by atoms with Crippen LogP contribution < -0.4 is 10.2 Å². The molecular formula is C29H20Cl2F2N4O4. The first-order valence-electron chi connectivity index (χ1n) is 12.9. The smallest absolute Gasteiger partial charge is 0.304 e. The lowest BCUT2D eigenvalue weighted by Gasteiger charge is -2.40. The van der Waals surface area contributed by atoms with Crippen molar-refractivity contribution in [2.45, 2.75) is 24.3 Å². The Bertz CT molecular complexity index is 1730. The van der Waals surface area contributed by atoms with Crippen LogP contribution in [0.5, 0.6) is 0 Å². The number of hydrogen-bond donors (Lipinski definition) is 1. The lowest BCUT2D eigenvalue weighted by molar-refractivity contribution is -0.387. The number of amides is 2. The van der Waals surface area contributed by atoms with Gasteiger partial charge in [0.05, 0.1) is 21.6 Å². The number of nitro groups is 1. The lowest BCUT2D eigenvalue weighted by atomic mass is 9.71. The van der Waals surface area contributed by atoms with Gasteiger partial charge in [-0.3, -0.25) is 24.6 Å². The van der Waals surface area contributed by atoms with Gasteiger partial charge < -0.3 is 10.2 Å². The van der Waals surface area contributed by atoms with Gasteiger partial charge in [0.1, 0.15) is 5.82 Å². The van der Waals surface area contributed by atoms with Crippen molar-refractivity contribution in [1.82, 2.24) is 4.90 Å². The van der Waals surface area contributed by atoms with Crippen LogP contribution in [0.1, 0.15) is 29.9 Å². The third-order valence-electron chi connectivity index (χ3n) is 8.45. The van der Waals surface area contributed by atoms with Crippen molar-refractivity contribution in [3.05, 3.63) is 109 Å². The van der Waals surface area contributed by atoms with E-state index in [1.807, 2.05) is 4.90 Å². The first-order valence-corrected chi connectivity index (χ1v) is 13.7. The van der Waals surface area contributed by atoms with Crippen molar-refractivity contribution in [2.75, 3.05) is 16.8 Å². The van der Waals surface area contributed by atoms with Crippen LogP contribution in [0.15, 0.2) is 66.5 Å². The molecule has 208 valence electrons. The van der Waals surface area contributed by atoms with E-state index in [9.17, 15) is 24.1 Å². The SMILES string of the molecule is O=C1C2C(=CN1c1ccc([N+](=O)[O-])c(F)c1)N(CC1CC1)C1(C(=O)Nc3cc(Cl)ccc31)[C@H]2c1cccc(Cl)c1F. The molecule has 12 heteroatoms. The van der Waals surface area contributed by atoms with Crippen molar-refractivity contribution in [2.24, 2.45) is 11.8 Å². The molecule has 1 saturated carbocycles. The minimum absolute atomic E-state index is 0.0776. The third-order valence-corrected chi connectivity index (χ3v) is 8.98. The molecular weight excluding hydrogens is 577 g/mol. The van der Waals surface area contributed by atoms with Gasteiger partial charge in [0, 0.05) is 52.8 Å². The highest BCUT2D eigenvalue weighted by Crippen LogP contribution is 2.63. The van der Waals surface area contributed by atoms with Crippen LogP contribution in [0.2, 0.25) is 10.0 Å². The van der Waals surface area contributed by atoms with Crippen LogP contribution in [0.3, 0.4) is 0 Å². The number of carbonyl (C=O) groups is 2. The second kappa shape index (κ2) is 8.99. The largest absolute Gasteiger partial charge is 0.354 e. The molecule has 4 aliphatic rings. The van der Waals surface area contributed by atoms with Gasteiger partial charge in [-0.05, 0) is 48.6 Å². The monoisotopic (exact) mass is 596 g/mol. The van der Waals surface area contributed by atoms with Gasteiger partial charge in [-0.25, -0.2) is 4.39 Å². The maximum atomic E-state index is 15.9. The zero-order valence-corrected chi connectivity index (χ0v) is 22.6. The van der Waals surface area contributed by atoms with Crippen LogP contribution in [-0.4, -0.2) is 28.2 Å². The highest BCUT2D eigenvalue weighted by Gasteiger charge is 2.69. The molecule has 0 radical (unpaired) electrons. The molecule has 3 aromatic rings. The third kappa shape index (κ3) is 3.63. The Morgan fingerprint density at radius 2 is 1.85 bits per heavy atom. The molecule has 2 fully saturated rings. The summed E-state index contributed by atoms with van der Waals surface area (Å²) in [4.78, 5) is 41.8. The van der Waals surface area contributed by atoms with Crippen LogP contribution >= 0.6 is 23.2 Å². The van der Waals surface area contributed by atoms with Gasteiger partial charge in [-0.15, -0.1) is 0 Å². The van der Waals surface area contributed by atoms with Crippen molar-refractivity contribution < 1.29 is 23.3 Å². The highest BCUT2D eigenvalue weighted by molar-refractivity contribution is 6.31. The van der Waals surface area contributed by atoms with Crippen molar-refractivity contribution in [3.63, 3.8) is 0 Å². The molecule has 1 N–H and O–H groups in total. The van der Waals surface area contributed by atoms with Gasteiger partial charge in [0.25, 0.3) is 5.91 Å². The van der Waals surface area contributed by atoms with Crippen molar-refractivity contribution >= 4 is 52.1 Å². The number of halogens is 4. The number of nitrogens with zero attached hydrogens (tertiary/aromatic N) is 3. The van der Waals surface area contributed by atoms with E-state index in [1.165, 1.54) is 29.3 Å². The summed E-state index contributed by atoms with van der Waals surface area (Å²) in [7, 11) is 0. The second-order valence-electron chi connectivity index (χ2n) is 10.7. The fraction of sp³-hybridized carbons (Fsp3) is 0.241. The van der Waals surface area contributed by atoms with E-state index in [0.29, 0.717) is 28.5 Å². The lowest BCUT2D eigenvalue weighted by Crippen LogP contribution is -2.51. The predicted octanol–water partition coefficient (Wildman–Crippen LogP) is 6.34. The molecule has 3 atom stereocenters. The van der Waals surface area contributed by atoms with E-state index in [4.69, 9.17) is 23.2 Å². The Morgan fingerprint density at radius 3 is 2.56 bits per heavy atom. The summed E-state index contributed by atoms with van der Waals surface area (Å²) in [5.74, 6) is -4.61. The number of carbonyl (C=O) groups excluding carboxylic acids is 2. The summed E-state index contributed by atoms with van der Waals surface area (Å²) in [5.41, 5.74) is -0.538. The molecule has 3 aliphatic heterocycles. The summed E-state index contributed by atoms with van der Waals surface area (Å²) < 4.78 is 30.5. The number of hydrogen-bond acceptors (Lipinski definition) is 5. The second-order valence-corrected chi connectivity index (χ2v) is 11.6. The zero-order valence-electron chi connectivity index (χ0n) is 21.1. The molecule has 2 amide bonds. The molecule has 41 heavy (non-hydrogen) atoms. The topological polar surface area (TPSA) is 95.8 Å². The summed E-state index contributed by atoms with van der Waals surface area (Å²) in [5, 5.41) is 14.3. The summed E-state index contributed by atoms with van der Waals surface area (Å²) in [6.45, 7) is 0.423.